The molecule has 0 aliphatic rings. The van der Waals surface area contributed by atoms with Crippen molar-refractivity contribution in [2.75, 3.05) is 18.5 Å². The Morgan fingerprint density at radius 1 is 1.00 bits per heavy atom. The third-order valence-corrected chi connectivity index (χ3v) is 3.58. The van der Waals surface area contributed by atoms with Gasteiger partial charge in [0.15, 0.2) is 0 Å². The minimum absolute atomic E-state index is 0.324. The Kier molecular flexibility index (Phi) is 4.58. The molecule has 19 heavy (non-hydrogen) atoms. The van der Waals surface area contributed by atoms with Crippen LogP contribution in [0.5, 0.6) is 0 Å². The molecule has 2 aromatic carbocycles. The average Bonchev–Trinajstić information content (AvgIpc) is 2.46. The molecule has 0 bridgehead atoms. The molecule has 0 aliphatic carbocycles. The number of nitrogens with zero attached hydrogens (tertiary/aromatic N) is 1. The van der Waals surface area contributed by atoms with Crippen LogP contribution in [0, 0.1) is 6.92 Å². The predicted molar refractivity (Wildman–Crippen MR) is 82.6 cm³/mol. The first-order valence-electron chi connectivity index (χ1n) is 6.74. The van der Waals surface area contributed by atoms with E-state index in [1.54, 1.807) is 0 Å². The molecule has 0 radical (unpaired) electrons. The molecule has 1 atom stereocenters. The fourth-order valence-electron chi connectivity index (χ4n) is 2.26. The van der Waals surface area contributed by atoms with E-state index in [0.717, 1.165) is 6.42 Å². The van der Waals surface area contributed by atoms with Crippen LogP contribution in [0.15, 0.2) is 54.6 Å². The van der Waals surface area contributed by atoms with Gasteiger partial charge in [0.1, 0.15) is 0 Å². The number of benzene rings is 2. The molecular formula is C17H22N2. The van der Waals surface area contributed by atoms with Crippen LogP contribution < -0.4 is 10.6 Å². The molecule has 100 valence electrons. The van der Waals surface area contributed by atoms with E-state index in [9.17, 15) is 0 Å². The van der Waals surface area contributed by atoms with E-state index in [-0.39, 0.29) is 0 Å². The molecule has 0 aromatic heterocycles. The summed E-state index contributed by atoms with van der Waals surface area (Å²) in [5, 5.41) is 0. The number of hydrogen-bond acceptors (Lipinski definition) is 2. The predicted octanol–water partition coefficient (Wildman–Crippen LogP) is 3.00. The lowest BCUT2D eigenvalue weighted by Crippen LogP contribution is -2.39. The minimum atomic E-state index is 0.324. The van der Waals surface area contributed by atoms with Gasteiger partial charge in [0.25, 0.3) is 0 Å². The monoisotopic (exact) mass is 254 g/mol. The van der Waals surface area contributed by atoms with Crippen LogP contribution in [0.3, 0.4) is 0 Å². The molecule has 0 heterocycles. The summed E-state index contributed by atoms with van der Waals surface area (Å²) in [6.07, 6.45) is 0.974. The molecule has 2 nitrogen and oxygen atoms in total. The van der Waals surface area contributed by atoms with Gasteiger partial charge < -0.3 is 10.6 Å². The zero-order chi connectivity index (χ0) is 13.7. The summed E-state index contributed by atoms with van der Waals surface area (Å²) in [5.74, 6) is 0. The summed E-state index contributed by atoms with van der Waals surface area (Å²) in [6.45, 7) is 2.76. The standard InChI is InChI=1S/C17H22N2/c1-14-8-10-16(11-9-14)19(2)17(13-18)12-15-6-4-3-5-7-15/h3-11,17H,12-13,18H2,1-2H3. The minimum Gasteiger partial charge on any atom is -0.370 e. The lowest BCUT2D eigenvalue weighted by molar-refractivity contribution is 0.634. The van der Waals surface area contributed by atoms with E-state index in [4.69, 9.17) is 5.73 Å². The van der Waals surface area contributed by atoms with Gasteiger partial charge in [0, 0.05) is 25.3 Å². The second-order valence-corrected chi connectivity index (χ2v) is 5.03. The lowest BCUT2D eigenvalue weighted by atomic mass is 10.0. The Balaban J connectivity index is 2.11. The summed E-state index contributed by atoms with van der Waals surface area (Å²) in [7, 11) is 2.12. The van der Waals surface area contributed by atoms with E-state index in [2.05, 4.69) is 67.4 Å². The molecule has 0 amide bonds. The molecule has 0 spiro atoms. The van der Waals surface area contributed by atoms with Gasteiger partial charge in [-0.1, -0.05) is 48.0 Å². The fraction of sp³-hybridized carbons (Fsp3) is 0.294. The van der Waals surface area contributed by atoms with Gasteiger partial charge in [-0.3, -0.25) is 0 Å². The fourth-order valence-corrected chi connectivity index (χ4v) is 2.26. The van der Waals surface area contributed by atoms with Crippen molar-refractivity contribution in [1.82, 2.24) is 0 Å². The van der Waals surface area contributed by atoms with Gasteiger partial charge in [-0.15, -0.1) is 0 Å². The first-order valence-corrected chi connectivity index (χ1v) is 6.74. The highest BCUT2D eigenvalue weighted by Crippen LogP contribution is 2.17. The van der Waals surface area contributed by atoms with Gasteiger partial charge in [-0.2, -0.15) is 0 Å². The van der Waals surface area contributed by atoms with Gasteiger partial charge in [0.2, 0.25) is 0 Å². The normalized spacial score (nSPS) is 12.2. The second kappa shape index (κ2) is 6.39. The Hall–Kier alpha value is -1.80. The molecule has 2 rings (SSSR count). The number of likely N-dealkylation sites (N-methyl/N-ethyl adjacent to an activating group) is 1. The molecule has 0 saturated heterocycles. The van der Waals surface area contributed by atoms with Crippen molar-refractivity contribution in [2.24, 2.45) is 5.73 Å². The van der Waals surface area contributed by atoms with Crippen LogP contribution in [0.2, 0.25) is 0 Å². The van der Waals surface area contributed by atoms with Gasteiger partial charge in [0.05, 0.1) is 0 Å². The van der Waals surface area contributed by atoms with E-state index in [0.29, 0.717) is 12.6 Å². The summed E-state index contributed by atoms with van der Waals surface area (Å²) >= 11 is 0. The average molecular weight is 254 g/mol. The zero-order valence-electron chi connectivity index (χ0n) is 11.7. The number of hydrogen-bond donors (Lipinski definition) is 1. The van der Waals surface area contributed by atoms with Crippen molar-refractivity contribution < 1.29 is 0 Å². The molecule has 0 aliphatic heterocycles. The van der Waals surface area contributed by atoms with Crippen LogP contribution in [-0.2, 0) is 6.42 Å². The van der Waals surface area contributed by atoms with Gasteiger partial charge in [-0.05, 0) is 31.0 Å². The molecular weight excluding hydrogens is 232 g/mol. The highest BCUT2D eigenvalue weighted by atomic mass is 15.1. The summed E-state index contributed by atoms with van der Waals surface area (Å²) in [6, 6.07) is 19.4. The summed E-state index contributed by atoms with van der Waals surface area (Å²) < 4.78 is 0. The van der Waals surface area contributed by atoms with Crippen LogP contribution in [0.1, 0.15) is 11.1 Å². The SMILES string of the molecule is Cc1ccc(N(C)C(CN)Cc2ccccc2)cc1. The van der Waals surface area contributed by atoms with Crippen molar-refractivity contribution in [3.8, 4) is 0 Å². The van der Waals surface area contributed by atoms with Gasteiger partial charge >= 0.3 is 0 Å². The highest BCUT2D eigenvalue weighted by Gasteiger charge is 2.14. The smallest absolute Gasteiger partial charge is 0.0449 e. The lowest BCUT2D eigenvalue weighted by Gasteiger charge is -2.29. The highest BCUT2D eigenvalue weighted by molar-refractivity contribution is 5.48. The van der Waals surface area contributed by atoms with Crippen molar-refractivity contribution in [1.29, 1.82) is 0 Å². The maximum Gasteiger partial charge on any atom is 0.0449 e. The number of nitrogens with two attached hydrogens (primary N) is 1. The van der Waals surface area contributed by atoms with Crippen molar-refractivity contribution in [3.63, 3.8) is 0 Å². The number of rotatable bonds is 5. The maximum absolute atomic E-state index is 5.95. The van der Waals surface area contributed by atoms with E-state index >= 15 is 0 Å². The molecule has 1 unspecified atom stereocenters. The van der Waals surface area contributed by atoms with Crippen LogP contribution in [0.4, 0.5) is 5.69 Å². The van der Waals surface area contributed by atoms with Crippen molar-refractivity contribution in [3.05, 3.63) is 65.7 Å². The van der Waals surface area contributed by atoms with Crippen molar-refractivity contribution >= 4 is 5.69 Å². The quantitative estimate of drug-likeness (QED) is 0.888. The molecule has 0 fully saturated rings. The topological polar surface area (TPSA) is 29.3 Å². The number of aryl methyl sites for hydroxylation is 1. The van der Waals surface area contributed by atoms with Crippen LogP contribution in [0.25, 0.3) is 0 Å². The molecule has 2 aromatic rings. The van der Waals surface area contributed by atoms with Crippen LogP contribution >= 0.6 is 0 Å². The Morgan fingerprint density at radius 3 is 2.21 bits per heavy atom. The number of anilines is 1. The first kappa shape index (κ1) is 13.6. The Labute approximate surface area is 115 Å². The first-order chi connectivity index (χ1) is 9.20. The van der Waals surface area contributed by atoms with Crippen molar-refractivity contribution in [2.45, 2.75) is 19.4 Å². The zero-order valence-corrected chi connectivity index (χ0v) is 11.7. The molecule has 2 N–H and O–H groups in total. The summed E-state index contributed by atoms with van der Waals surface area (Å²) in [4.78, 5) is 2.27. The van der Waals surface area contributed by atoms with E-state index < -0.39 is 0 Å². The third kappa shape index (κ3) is 3.58. The molecule has 2 heteroatoms. The van der Waals surface area contributed by atoms with E-state index in [1.165, 1.54) is 16.8 Å². The maximum atomic E-state index is 5.95. The van der Waals surface area contributed by atoms with Gasteiger partial charge in [-0.25, -0.2) is 0 Å². The Morgan fingerprint density at radius 2 is 1.63 bits per heavy atom. The molecule has 0 saturated carbocycles. The largest absolute Gasteiger partial charge is 0.370 e. The second-order valence-electron chi connectivity index (χ2n) is 5.03. The van der Waals surface area contributed by atoms with Crippen LogP contribution in [-0.4, -0.2) is 19.6 Å². The third-order valence-electron chi connectivity index (χ3n) is 3.58. The van der Waals surface area contributed by atoms with E-state index in [1.807, 2.05) is 6.07 Å². The summed E-state index contributed by atoms with van der Waals surface area (Å²) in [5.41, 5.74) is 9.78. The Bertz CT molecular complexity index is 490.